The van der Waals surface area contributed by atoms with Crippen LogP contribution >= 0.6 is 11.3 Å². The minimum atomic E-state index is -3.31. The van der Waals surface area contributed by atoms with Crippen LogP contribution < -0.4 is 5.32 Å². The van der Waals surface area contributed by atoms with E-state index in [-0.39, 0.29) is 0 Å². The number of rotatable bonds is 5. The quantitative estimate of drug-likeness (QED) is 0.874. The second-order valence-electron chi connectivity index (χ2n) is 5.02. The van der Waals surface area contributed by atoms with Crippen LogP contribution in [0.4, 0.5) is 0 Å². The van der Waals surface area contributed by atoms with Gasteiger partial charge in [0.15, 0.2) is 0 Å². The molecule has 0 bridgehead atoms. The predicted molar refractivity (Wildman–Crippen MR) is 77.9 cm³/mol. The van der Waals surface area contributed by atoms with Crippen LogP contribution in [0.15, 0.2) is 16.3 Å². The van der Waals surface area contributed by atoms with Crippen LogP contribution in [-0.2, 0) is 16.6 Å². The van der Waals surface area contributed by atoms with Gasteiger partial charge in [0.25, 0.3) is 10.0 Å². The topological polar surface area (TPSA) is 52.7 Å². The zero-order valence-electron chi connectivity index (χ0n) is 11.6. The molecule has 1 atom stereocenters. The van der Waals surface area contributed by atoms with Crippen molar-refractivity contribution < 1.29 is 8.42 Å². The average Bonchev–Trinajstić information content (AvgIpc) is 2.98. The highest BCUT2D eigenvalue weighted by Gasteiger charge is 2.34. The lowest BCUT2D eigenvalue weighted by molar-refractivity contribution is 0.302. The van der Waals surface area contributed by atoms with Crippen LogP contribution in [0.2, 0.25) is 0 Å². The van der Waals surface area contributed by atoms with E-state index in [4.69, 9.17) is 0 Å². The minimum absolute atomic E-state index is 0.325. The Labute approximate surface area is 119 Å². The molecule has 5 nitrogen and oxygen atoms in total. The van der Waals surface area contributed by atoms with Gasteiger partial charge >= 0.3 is 0 Å². The van der Waals surface area contributed by atoms with Crippen LogP contribution in [-0.4, -0.2) is 57.9 Å². The normalized spacial score (nSPS) is 21.4. The first kappa shape index (κ1) is 14.9. The monoisotopic (exact) mass is 303 g/mol. The molecule has 0 radical (unpaired) electrons. The third-order valence-corrected chi connectivity index (χ3v) is 6.86. The molecule has 0 aromatic carbocycles. The van der Waals surface area contributed by atoms with E-state index in [0.29, 0.717) is 29.9 Å². The molecule has 0 saturated carbocycles. The second kappa shape index (κ2) is 5.88. The fourth-order valence-corrected chi connectivity index (χ4v) is 5.26. The van der Waals surface area contributed by atoms with E-state index in [1.807, 2.05) is 27.2 Å². The van der Waals surface area contributed by atoms with Crippen LogP contribution in [0.25, 0.3) is 0 Å². The Bertz CT molecular complexity index is 525. The molecule has 1 fully saturated rings. The van der Waals surface area contributed by atoms with Gasteiger partial charge in [-0.25, -0.2) is 8.42 Å². The van der Waals surface area contributed by atoms with Crippen molar-refractivity contribution in [1.82, 2.24) is 14.5 Å². The molecule has 2 rings (SSSR count). The van der Waals surface area contributed by atoms with Crippen LogP contribution in [0.3, 0.4) is 0 Å². The van der Waals surface area contributed by atoms with Crippen molar-refractivity contribution in [2.24, 2.45) is 0 Å². The molecule has 0 spiro atoms. The van der Waals surface area contributed by atoms with Crippen LogP contribution in [0.1, 0.15) is 11.3 Å². The lowest BCUT2D eigenvalue weighted by Crippen LogP contribution is -2.34. The first-order chi connectivity index (χ1) is 8.95. The first-order valence-corrected chi connectivity index (χ1v) is 8.60. The molecule has 1 aromatic rings. The molecule has 108 valence electrons. The maximum absolute atomic E-state index is 12.5. The third kappa shape index (κ3) is 3.17. The van der Waals surface area contributed by atoms with E-state index >= 15 is 0 Å². The maximum Gasteiger partial charge on any atom is 0.252 e. The van der Waals surface area contributed by atoms with Gasteiger partial charge in [-0.2, -0.15) is 4.31 Å². The smallest absolute Gasteiger partial charge is 0.252 e. The van der Waals surface area contributed by atoms with Crippen LogP contribution in [0.5, 0.6) is 0 Å². The third-order valence-electron chi connectivity index (χ3n) is 3.44. The fraction of sp³-hybridized carbons (Fsp3) is 0.667. The Hall–Kier alpha value is -0.470. The van der Waals surface area contributed by atoms with Crippen molar-refractivity contribution in [2.45, 2.75) is 23.2 Å². The molecule has 0 aliphatic carbocycles. The number of likely N-dealkylation sites (N-methyl/N-ethyl adjacent to an activating group) is 1. The highest BCUT2D eigenvalue weighted by atomic mass is 32.2. The molecule has 1 N–H and O–H groups in total. The zero-order chi connectivity index (χ0) is 14.0. The molecular weight excluding hydrogens is 282 g/mol. The molecule has 2 heterocycles. The van der Waals surface area contributed by atoms with E-state index < -0.39 is 10.0 Å². The van der Waals surface area contributed by atoms with E-state index in [1.54, 1.807) is 10.4 Å². The van der Waals surface area contributed by atoms with Crippen molar-refractivity contribution in [3.8, 4) is 0 Å². The first-order valence-electron chi connectivity index (χ1n) is 6.35. The van der Waals surface area contributed by atoms with E-state index in [9.17, 15) is 8.42 Å². The lowest BCUT2D eigenvalue weighted by atomic mass is 10.2. The molecule has 7 heteroatoms. The summed E-state index contributed by atoms with van der Waals surface area (Å²) in [6.45, 7) is 1.92. The van der Waals surface area contributed by atoms with Gasteiger partial charge in [0.1, 0.15) is 4.21 Å². The molecule has 1 unspecified atom stereocenters. The molecular formula is C12H21N3O2S2. The van der Waals surface area contributed by atoms with Gasteiger partial charge < -0.3 is 10.2 Å². The SMILES string of the molecule is CNCc1ccc(S(=O)(=O)N2CCC(N(C)C)C2)s1. The van der Waals surface area contributed by atoms with Gasteiger partial charge in [-0.3, -0.25) is 0 Å². The van der Waals surface area contributed by atoms with Crippen molar-refractivity contribution in [1.29, 1.82) is 0 Å². The summed E-state index contributed by atoms with van der Waals surface area (Å²) in [5, 5.41) is 3.04. The van der Waals surface area contributed by atoms with Gasteiger partial charge in [-0.15, -0.1) is 11.3 Å². The molecule has 1 saturated heterocycles. The van der Waals surface area contributed by atoms with Gasteiger partial charge in [-0.05, 0) is 39.7 Å². The molecule has 1 aliphatic rings. The lowest BCUT2D eigenvalue weighted by Gasteiger charge is -2.19. The maximum atomic E-state index is 12.5. The second-order valence-corrected chi connectivity index (χ2v) is 8.35. The highest BCUT2D eigenvalue weighted by Crippen LogP contribution is 2.28. The number of sulfonamides is 1. The Morgan fingerprint density at radius 3 is 2.79 bits per heavy atom. The van der Waals surface area contributed by atoms with Gasteiger partial charge in [0, 0.05) is 30.6 Å². The van der Waals surface area contributed by atoms with Gasteiger partial charge in [0.05, 0.1) is 0 Å². The summed E-state index contributed by atoms with van der Waals surface area (Å²) in [4.78, 5) is 3.14. The predicted octanol–water partition coefficient (Wildman–Crippen LogP) is 0.792. The summed E-state index contributed by atoms with van der Waals surface area (Å²) in [5.74, 6) is 0. The Kier molecular flexibility index (Phi) is 4.62. The van der Waals surface area contributed by atoms with Crippen molar-refractivity contribution in [3.63, 3.8) is 0 Å². The Morgan fingerprint density at radius 1 is 1.47 bits per heavy atom. The zero-order valence-corrected chi connectivity index (χ0v) is 13.2. The molecule has 0 amide bonds. The molecule has 1 aromatic heterocycles. The summed E-state index contributed by atoms with van der Waals surface area (Å²) in [6.07, 6.45) is 0.904. The summed E-state index contributed by atoms with van der Waals surface area (Å²) < 4.78 is 27.1. The fourth-order valence-electron chi connectivity index (χ4n) is 2.24. The summed E-state index contributed by atoms with van der Waals surface area (Å²) >= 11 is 1.36. The number of nitrogens with zero attached hydrogens (tertiary/aromatic N) is 2. The minimum Gasteiger partial charge on any atom is -0.315 e. The Balaban J connectivity index is 2.14. The summed E-state index contributed by atoms with van der Waals surface area (Å²) in [5.41, 5.74) is 0. The highest BCUT2D eigenvalue weighted by molar-refractivity contribution is 7.91. The van der Waals surface area contributed by atoms with Crippen molar-refractivity contribution in [3.05, 3.63) is 17.0 Å². The van der Waals surface area contributed by atoms with Crippen LogP contribution in [0, 0.1) is 0 Å². The number of hydrogen-bond donors (Lipinski definition) is 1. The average molecular weight is 303 g/mol. The van der Waals surface area contributed by atoms with Gasteiger partial charge in [0.2, 0.25) is 0 Å². The number of nitrogens with one attached hydrogen (secondary N) is 1. The molecule has 19 heavy (non-hydrogen) atoms. The largest absolute Gasteiger partial charge is 0.315 e. The standard InChI is InChI=1S/C12H21N3O2S2/c1-13-8-11-4-5-12(18-11)19(16,17)15-7-6-10(9-15)14(2)3/h4-5,10,13H,6-9H2,1-3H3. The van der Waals surface area contributed by atoms with E-state index in [0.717, 1.165) is 11.3 Å². The van der Waals surface area contributed by atoms with Crippen molar-refractivity contribution >= 4 is 21.4 Å². The Morgan fingerprint density at radius 2 is 2.21 bits per heavy atom. The molecule has 1 aliphatic heterocycles. The van der Waals surface area contributed by atoms with E-state index in [1.165, 1.54) is 11.3 Å². The number of hydrogen-bond acceptors (Lipinski definition) is 5. The summed E-state index contributed by atoms with van der Waals surface area (Å²) in [7, 11) is 2.55. The van der Waals surface area contributed by atoms with Crippen molar-refractivity contribution in [2.75, 3.05) is 34.2 Å². The van der Waals surface area contributed by atoms with E-state index in [2.05, 4.69) is 10.2 Å². The summed E-state index contributed by atoms with van der Waals surface area (Å²) in [6, 6.07) is 3.93. The number of thiophene rings is 1. The van der Waals surface area contributed by atoms with Gasteiger partial charge in [-0.1, -0.05) is 0 Å².